The SMILES string of the molecule is COC(=O)CN(Cc1ccccc1)C(=O)C(C)(C)N. The first-order valence-corrected chi connectivity index (χ1v) is 6.03. The number of ether oxygens (including phenoxy) is 1. The molecule has 0 fully saturated rings. The normalized spacial score (nSPS) is 10.9. The minimum atomic E-state index is -1.02. The van der Waals surface area contributed by atoms with Crippen molar-refractivity contribution in [1.82, 2.24) is 4.90 Å². The van der Waals surface area contributed by atoms with E-state index in [2.05, 4.69) is 4.74 Å². The molecule has 1 aromatic rings. The first-order valence-electron chi connectivity index (χ1n) is 6.03. The minimum Gasteiger partial charge on any atom is -0.468 e. The van der Waals surface area contributed by atoms with E-state index in [1.54, 1.807) is 13.8 Å². The molecule has 1 amide bonds. The number of hydrogen-bond donors (Lipinski definition) is 1. The van der Waals surface area contributed by atoms with Crippen molar-refractivity contribution in [3.63, 3.8) is 0 Å². The van der Waals surface area contributed by atoms with Crippen LogP contribution < -0.4 is 5.73 Å². The molecule has 0 saturated carbocycles. The molecule has 19 heavy (non-hydrogen) atoms. The smallest absolute Gasteiger partial charge is 0.325 e. The first-order chi connectivity index (χ1) is 8.84. The van der Waals surface area contributed by atoms with Gasteiger partial charge in [0.1, 0.15) is 6.54 Å². The predicted octanol–water partition coefficient (Wildman–Crippen LogP) is 0.925. The molecule has 0 aromatic heterocycles. The number of carbonyl (C=O) groups excluding carboxylic acids is 2. The third-order valence-corrected chi connectivity index (χ3v) is 2.60. The molecule has 0 aliphatic carbocycles. The third kappa shape index (κ3) is 4.71. The standard InChI is InChI=1S/C14H20N2O3/c1-14(2,15)13(18)16(10-12(17)19-3)9-11-7-5-4-6-8-11/h4-8H,9-10,15H2,1-3H3. The lowest BCUT2D eigenvalue weighted by molar-refractivity contribution is -0.149. The molecule has 0 saturated heterocycles. The lowest BCUT2D eigenvalue weighted by atomic mass is 10.0. The van der Waals surface area contributed by atoms with Gasteiger partial charge in [0.15, 0.2) is 0 Å². The maximum Gasteiger partial charge on any atom is 0.325 e. The number of methoxy groups -OCH3 is 1. The Labute approximate surface area is 113 Å². The van der Waals surface area contributed by atoms with Gasteiger partial charge in [0, 0.05) is 6.54 Å². The molecule has 5 nitrogen and oxygen atoms in total. The van der Waals surface area contributed by atoms with E-state index in [1.807, 2.05) is 30.3 Å². The van der Waals surface area contributed by atoms with E-state index in [0.29, 0.717) is 6.54 Å². The van der Waals surface area contributed by atoms with Gasteiger partial charge in [-0.2, -0.15) is 0 Å². The number of nitrogens with zero attached hydrogens (tertiary/aromatic N) is 1. The number of hydrogen-bond acceptors (Lipinski definition) is 4. The lowest BCUT2D eigenvalue weighted by Gasteiger charge is -2.28. The highest BCUT2D eigenvalue weighted by Gasteiger charge is 2.29. The van der Waals surface area contributed by atoms with Crippen LogP contribution in [-0.4, -0.2) is 36.0 Å². The highest BCUT2D eigenvalue weighted by Crippen LogP contribution is 2.10. The Morgan fingerprint density at radius 2 is 1.84 bits per heavy atom. The fourth-order valence-electron chi connectivity index (χ4n) is 1.63. The Kier molecular flexibility index (Phi) is 5.06. The van der Waals surface area contributed by atoms with Crippen LogP contribution in [0.4, 0.5) is 0 Å². The van der Waals surface area contributed by atoms with Gasteiger partial charge in [-0.15, -0.1) is 0 Å². The average Bonchev–Trinajstić information content (AvgIpc) is 2.37. The number of esters is 1. The Morgan fingerprint density at radius 1 is 1.26 bits per heavy atom. The highest BCUT2D eigenvalue weighted by atomic mass is 16.5. The number of nitrogens with two attached hydrogens (primary N) is 1. The number of rotatable bonds is 5. The molecule has 5 heteroatoms. The molecule has 0 heterocycles. The molecule has 0 aliphatic heterocycles. The Bertz CT molecular complexity index is 438. The van der Waals surface area contributed by atoms with Gasteiger partial charge in [0.25, 0.3) is 0 Å². The van der Waals surface area contributed by atoms with Crippen LogP contribution in [0.15, 0.2) is 30.3 Å². The zero-order chi connectivity index (χ0) is 14.5. The van der Waals surface area contributed by atoms with Crippen LogP contribution in [0.3, 0.4) is 0 Å². The van der Waals surface area contributed by atoms with E-state index in [4.69, 9.17) is 5.73 Å². The van der Waals surface area contributed by atoms with Gasteiger partial charge in [-0.3, -0.25) is 9.59 Å². The largest absolute Gasteiger partial charge is 0.468 e. The van der Waals surface area contributed by atoms with Crippen LogP contribution >= 0.6 is 0 Å². The molecule has 0 aliphatic rings. The van der Waals surface area contributed by atoms with Gasteiger partial charge < -0.3 is 15.4 Å². The summed E-state index contributed by atoms with van der Waals surface area (Å²) in [6.45, 7) is 3.45. The second-order valence-electron chi connectivity index (χ2n) is 4.94. The summed E-state index contributed by atoms with van der Waals surface area (Å²) in [7, 11) is 1.29. The van der Waals surface area contributed by atoms with Gasteiger partial charge in [-0.1, -0.05) is 30.3 Å². The van der Waals surface area contributed by atoms with Crippen molar-refractivity contribution in [2.45, 2.75) is 25.9 Å². The molecule has 1 aromatic carbocycles. The second-order valence-corrected chi connectivity index (χ2v) is 4.94. The van der Waals surface area contributed by atoms with E-state index < -0.39 is 11.5 Å². The predicted molar refractivity (Wildman–Crippen MR) is 72.1 cm³/mol. The summed E-state index contributed by atoms with van der Waals surface area (Å²) in [6.07, 6.45) is 0. The minimum absolute atomic E-state index is 0.106. The van der Waals surface area contributed by atoms with E-state index >= 15 is 0 Å². The zero-order valence-electron chi connectivity index (χ0n) is 11.6. The Balaban J connectivity index is 2.87. The van der Waals surface area contributed by atoms with E-state index in [-0.39, 0.29) is 12.5 Å². The highest BCUT2D eigenvalue weighted by molar-refractivity contribution is 5.88. The van der Waals surface area contributed by atoms with Gasteiger partial charge in [-0.05, 0) is 19.4 Å². The van der Waals surface area contributed by atoms with E-state index in [9.17, 15) is 9.59 Å². The fourth-order valence-corrected chi connectivity index (χ4v) is 1.63. The molecular formula is C14H20N2O3. The van der Waals surface area contributed by atoms with Crippen LogP contribution in [-0.2, 0) is 20.9 Å². The summed E-state index contributed by atoms with van der Waals surface area (Å²) < 4.78 is 4.61. The topological polar surface area (TPSA) is 72.6 Å². The number of benzene rings is 1. The van der Waals surface area contributed by atoms with E-state index in [0.717, 1.165) is 5.56 Å². The summed E-state index contributed by atoms with van der Waals surface area (Å²) in [5, 5.41) is 0. The van der Waals surface area contributed by atoms with Gasteiger partial charge in [0.2, 0.25) is 5.91 Å². The quantitative estimate of drug-likeness (QED) is 0.803. The van der Waals surface area contributed by atoms with Crippen molar-refractivity contribution in [3.05, 3.63) is 35.9 Å². The second kappa shape index (κ2) is 6.33. The maximum absolute atomic E-state index is 12.2. The monoisotopic (exact) mass is 264 g/mol. The van der Waals surface area contributed by atoms with Crippen LogP contribution in [0.1, 0.15) is 19.4 Å². The average molecular weight is 264 g/mol. The first kappa shape index (κ1) is 15.2. The van der Waals surface area contributed by atoms with Crippen molar-refractivity contribution in [2.75, 3.05) is 13.7 Å². The fraction of sp³-hybridized carbons (Fsp3) is 0.429. The molecular weight excluding hydrogens is 244 g/mol. The Hall–Kier alpha value is -1.88. The van der Waals surface area contributed by atoms with Crippen LogP contribution in [0.5, 0.6) is 0 Å². The molecule has 0 radical (unpaired) electrons. The lowest BCUT2D eigenvalue weighted by Crippen LogP contribution is -2.52. The van der Waals surface area contributed by atoms with Crippen LogP contribution in [0.2, 0.25) is 0 Å². The third-order valence-electron chi connectivity index (χ3n) is 2.60. The summed E-state index contributed by atoms with van der Waals surface area (Å²) in [6, 6.07) is 9.43. The van der Waals surface area contributed by atoms with Gasteiger partial charge in [-0.25, -0.2) is 0 Å². The molecule has 2 N–H and O–H groups in total. The van der Waals surface area contributed by atoms with Gasteiger partial charge >= 0.3 is 5.97 Å². The van der Waals surface area contributed by atoms with Crippen LogP contribution in [0, 0.1) is 0 Å². The number of carbonyl (C=O) groups is 2. The molecule has 0 bridgehead atoms. The summed E-state index contributed by atoms with van der Waals surface area (Å²) >= 11 is 0. The molecule has 0 unspecified atom stereocenters. The van der Waals surface area contributed by atoms with Crippen LogP contribution in [0.25, 0.3) is 0 Å². The summed E-state index contributed by atoms with van der Waals surface area (Å²) in [4.78, 5) is 25.0. The van der Waals surface area contributed by atoms with Gasteiger partial charge in [0.05, 0.1) is 12.6 Å². The van der Waals surface area contributed by atoms with Crippen molar-refractivity contribution in [3.8, 4) is 0 Å². The van der Waals surface area contributed by atoms with Crippen molar-refractivity contribution >= 4 is 11.9 Å². The summed E-state index contributed by atoms with van der Waals surface area (Å²) in [5.41, 5.74) is 5.72. The van der Waals surface area contributed by atoms with Crippen molar-refractivity contribution in [1.29, 1.82) is 0 Å². The summed E-state index contributed by atoms with van der Waals surface area (Å²) in [5.74, 6) is -0.754. The molecule has 0 spiro atoms. The number of amides is 1. The maximum atomic E-state index is 12.2. The Morgan fingerprint density at radius 3 is 2.32 bits per heavy atom. The molecule has 0 atom stereocenters. The van der Waals surface area contributed by atoms with Crippen molar-refractivity contribution < 1.29 is 14.3 Å². The molecule has 104 valence electrons. The van der Waals surface area contributed by atoms with Crippen molar-refractivity contribution in [2.24, 2.45) is 5.73 Å². The van der Waals surface area contributed by atoms with E-state index in [1.165, 1.54) is 12.0 Å². The zero-order valence-corrected chi connectivity index (χ0v) is 11.6. The molecule has 1 rings (SSSR count).